The Morgan fingerprint density at radius 1 is 1.14 bits per heavy atom. The molecule has 2 heterocycles. The van der Waals surface area contributed by atoms with Crippen molar-refractivity contribution >= 4 is 22.6 Å². The summed E-state index contributed by atoms with van der Waals surface area (Å²) in [6.45, 7) is 3.70. The number of quaternary nitrogens is 1. The second-order valence-corrected chi connectivity index (χ2v) is 7.78. The molecule has 1 saturated heterocycles. The normalized spacial score (nSPS) is 14.8. The summed E-state index contributed by atoms with van der Waals surface area (Å²) in [7, 11) is 3.69. The highest BCUT2D eigenvalue weighted by Crippen LogP contribution is 2.21. The van der Waals surface area contributed by atoms with Gasteiger partial charge in [0.05, 0.1) is 44.2 Å². The number of aromatic nitrogens is 2. The molecule has 0 bridgehead atoms. The number of imidazole rings is 1. The van der Waals surface area contributed by atoms with Crippen molar-refractivity contribution in [3.8, 4) is 5.75 Å². The number of piperidine rings is 1. The Morgan fingerprint density at radius 2 is 1.90 bits per heavy atom. The average Bonchev–Trinajstić information content (AvgIpc) is 3.08. The lowest BCUT2D eigenvalue weighted by Gasteiger charge is -2.23. The molecule has 6 heteroatoms. The molecule has 0 unspecified atom stereocenters. The number of likely N-dealkylation sites (tertiary alicyclic amines) is 1. The average molecular weight is 394 g/mol. The zero-order chi connectivity index (χ0) is 20.2. The predicted molar refractivity (Wildman–Crippen MR) is 115 cm³/mol. The fourth-order valence-electron chi connectivity index (χ4n) is 4.09. The Kier molecular flexibility index (Phi) is 5.81. The van der Waals surface area contributed by atoms with Gasteiger partial charge >= 0.3 is 0 Å². The number of fused-ring (bicyclic) bond motifs is 1. The van der Waals surface area contributed by atoms with E-state index in [9.17, 15) is 4.79 Å². The Hall–Kier alpha value is -2.86. The Labute approximate surface area is 171 Å². The van der Waals surface area contributed by atoms with Crippen molar-refractivity contribution in [1.82, 2.24) is 9.55 Å². The number of aryl methyl sites for hydroxylation is 1. The molecule has 0 saturated carbocycles. The van der Waals surface area contributed by atoms with Crippen molar-refractivity contribution in [2.75, 3.05) is 32.1 Å². The van der Waals surface area contributed by atoms with Crippen molar-refractivity contribution in [2.45, 2.75) is 25.7 Å². The molecule has 1 aliphatic heterocycles. The summed E-state index contributed by atoms with van der Waals surface area (Å²) >= 11 is 0. The third-order valence-electron chi connectivity index (χ3n) is 5.85. The summed E-state index contributed by atoms with van der Waals surface area (Å²) in [5, 5.41) is 2.97. The number of nitrogens with one attached hydrogen (secondary N) is 2. The molecule has 0 radical (unpaired) electrons. The van der Waals surface area contributed by atoms with Gasteiger partial charge in [-0.15, -0.1) is 0 Å². The Bertz CT molecular complexity index is 988. The number of hydrogen-bond acceptors (Lipinski definition) is 3. The van der Waals surface area contributed by atoms with E-state index in [-0.39, 0.29) is 5.91 Å². The molecule has 6 nitrogen and oxygen atoms in total. The van der Waals surface area contributed by atoms with Gasteiger partial charge in [0.2, 0.25) is 0 Å². The second kappa shape index (κ2) is 8.66. The van der Waals surface area contributed by atoms with Crippen LogP contribution in [0.3, 0.4) is 0 Å². The highest BCUT2D eigenvalue weighted by molar-refractivity contribution is 6.05. The van der Waals surface area contributed by atoms with Crippen LogP contribution in [0.15, 0.2) is 42.5 Å². The van der Waals surface area contributed by atoms with Crippen LogP contribution in [-0.2, 0) is 13.5 Å². The topological polar surface area (TPSA) is 60.6 Å². The zero-order valence-electron chi connectivity index (χ0n) is 17.2. The highest BCUT2D eigenvalue weighted by Gasteiger charge is 2.16. The zero-order valence-corrected chi connectivity index (χ0v) is 17.2. The van der Waals surface area contributed by atoms with Crippen molar-refractivity contribution in [2.24, 2.45) is 7.05 Å². The summed E-state index contributed by atoms with van der Waals surface area (Å²) in [5.74, 6) is 1.70. The quantitative estimate of drug-likeness (QED) is 0.676. The number of benzene rings is 2. The third kappa shape index (κ3) is 4.43. The molecule has 0 aliphatic carbocycles. The number of methoxy groups -OCH3 is 1. The first-order valence-electron chi connectivity index (χ1n) is 10.4. The SMILES string of the molecule is COc1ccc(C(=O)Nc2ccc3c(c2)nc(CC[NH+]2CCCCC2)n3C)cc1. The molecular formula is C23H29N4O2+. The predicted octanol–water partition coefficient (Wildman–Crippen LogP) is 2.45. The molecule has 2 aromatic carbocycles. The lowest BCUT2D eigenvalue weighted by atomic mass is 10.1. The maximum absolute atomic E-state index is 12.5. The highest BCUT2D eigenvalue weighted by atomic mass is 16.5. The molecule has 0 spiro atoms. The maximum atomic E-state index is 12.5. The molecule has 1 amide bonds. The number of anilines is 1. The fraction of sp³-hybridized carbons (Fsp3) is 0.391. The smallest absolute Gasteiger partial charge is 0.255 e. The van der Waals surface area contributed by atoms with Gasteiger partial charge in [0.1, 0.15) is 11.6 Å². The number of carbonyl (C=O) groups excluding carboxylic acids is 1. The van der Waals surface area contributed by atoms with E-state index < -0.39 is 0 Å². The molecule has 3 aromatic rings. The van der Waals surface area contributed by atoms with Crippen LogP contribution in [0.1, 0.15) is 35.4 Å². The van der Waals surface area contributed by atoms with Gasteiger partial charge in [-0.2, -0.15) is 0 Å². The summed E-state index contributed by atoms with van der Waals surface area (Å²) in [6, 6.07) is 13.0. The van der Waals surface area contributed by atoms with E-state index in [1.165, 1.54) is 32.4 Å². The van der Waals surface area contributed by atoms with E-state index in [0.717, 1.165) is 41.3 Å². The van der Waals surface area contributed by atoms with Gasteiger partial charge < -0.3 is 19.5 Å². The largest absolute Gasteiger partial charge is 0.497 e. The summed E-state index contributed by atoms with van der Waals surface area (Å²) in [5.41, 5.74) is 3.36. The fourth-order valence-corrected chi connectivity index (χ4v) is 4.09. The minimum atomic E-state index is -0.142. The molecule has 29 heavy (non-hydrogen) atoms. The lowest BCUT2D eigenvalue weighted by molar-refractivity contribution is -0.904. The van der Waals surface area contributed by atoms with Crippen LogP contribution in [0.2, 0.25) is 0 Å². The van der Waals surface area contributed by atoms with Crippen LogP contribution in [-0.4, -0.2) is 42.2 Å². The second-order valence-electron chi connectivity index (χ2n) is 7.78. The molecular weight excluding hydrogens is 364 g/mol. The van der Waals surface area contributed by atoms with E-state index in [0.29, 0.717) is 5.56 Å². The van der Waals surface area contributed by atoms with E-state index in [1.807, 2.05) is 18.2 Å². The van der Waals surface area contributed by atoms with E-state index in [1.54, 1.807) is 36.3 Å². The lowest BCUT2D eigenvalue weighted by Crippen LogP contribution is -3.13. The van der Waals surface area contributed by atoms with E-state index in [4.69, 9.17) is 9.72 Å². The first-order valence-corrected chi connectivity index (χ1v) is 10.4. The Morgan fingerprint density at radius 3 is 2.62 bits per heavy atom. The molecule has 0 atom stereocenters. The Balaban J connectivity index is 1.46. The van der Waals surface area contributed by atoms with Gasteiger partial charge in [-0.05, 0) is 61.7 Å². The van der Waals surface area contributed by atoms with Gasteiger partial charge in [0.25, 0.3) is 5.91 Å². The number of carbonyl (C=O) groups is 1. The summed E-state index contributed by atoms with van der Waals surface area (Å²) in [6.07, 6.45) is 5.04. The summed E-state index contributed by atoms with van der Waals surface area (Å²) < 4.78 is 7.32. The van der Waals surface area contributed by atoms with E-state index >= 15 is 0 Å². The van der Waals surface area contributed by atoms with Crippen molar-refractivity contribution in [3.05, 3.63) is 53.9 Å². The van der Waals surface area contributed by atoms with E-state index in [2.05, 4.69) is 16.9 Å². The van der Waals surface area contributed by atoms with Crippen LogP contribution in [0, 0.1) is 0 Å². The van der Waals surface area contributed by atoms with Gasteiger partial charge in [-0.3, -0.25) is 4.79 Å². The monoisotopic (exact) mass is 393 g/mol. The molecule has 4 rings (SSSR count). The third-order valence-corrected chi connectivity index (χ3v) is 5.85. The van der Waals surface area contributed by atoms with Gasteiger partial charge in [-0.1, -0.05) is 0 Å². The van der Waals surface area contributed by atoms with Crippen molar-refractivity contribution in [1.29, 1.82) is 0 Å². The number of nitrogens with zero attached hydrogens (tertiary/aromatic N) is 2. The van der Waals surface area contributed by atoms with Crippen LogP contribution in [0.5, 0.6) is 5.75 Å². The van der Waals surface area contributed by atoms with Crippen molar-refractivity contribution in [3.63, 3.8) is 0 Å². The molecule has 1 aliphatic rings. The number of hydrogen-bond donors (Lipinski definition) is 2. The number of ether oxygens (including phenoxy) is 1. The molecule has 152 valence electrons. The van der Waals surface area contributed by atoms with Crippen LogP contribution >= 0.6 is 0 Å². The standard InChI is InChI=1S/C23H28N4O2/c1-26-21-11-8-18(24-23(28)17-6-9-19(29-2)10-7-17)16-20(21)25-22(26)12-15-27-13-4-3-5-14-27/h6-11,16H,3-5,12-15H2,1-2H3,(H,24,28)/p+1. The van der Waals surface area contributed by atoms with Gasteiger partial charge in [0.15, 0.2) is 0 Å². The summed E-state index contributed by atoms with van der Waals surface area (Å²) in [4.78, 5) is 19.1. The van der Waals surface area contributed by atoms with Crippen LogP contribution in [0.4, 0.5) is 5.69 Å². The minimum Gasteiger partial charge on any atom is -0.497 e. The first-order chi connectivity index (χ1) is 14.1. The molecule has 2 N–H and O–H groups in total. The van der Waals surface area contributed by atoms with Gasteiger partial charge in [-0.25, -0.2) is 4.98 Å². The number of amides is 1. The van der Waals surface area contributed by atoms with Crippen molar-refractivity contribution < 1.29 is 14.4 Å². The van der Waals surface area contributed by atoms with Crippen LogP contribution in [0.25, 0.3) is 11.0 Å². The minimum absolute atomic E-state index is 0.142. The maximum Gasteiger partial charge on any atom is 0.255 e. The van der Waals surface area contributed by atoms with Crippen LogP contribution < -0.4 is 15.0 Å². The number of rotatable bonds is 6. The van der Waals surface area contributed by atoms with Gasteiger partial charge in [0, 0.05) is 18.3 Å². The molecule has 1 aromatic heterocycles. The first kappa shape index (κ1) is 19.5. The molecule has 1 fully saturated rings.